The van der Waals surface area contributed by atoms with E-state index in [-0.39, 0.29) is 29.6 Å². The van der Waals surface area contributed by atoms with Crippen LogP contribution in [0.3, 0.4) is 0 Å². The van der Waals surface area contributed by atoms with Crippen molar-refractivity contribution in [1.82, 2.24) is 9.88 Å². The van der Waals surface area contributed by atoms with Crippen LogP contribution in [0.5, 0.6) is 0 Å². The van der Waals surface area contributed by atoms with E-state index in [4.69, 9.17) is 10.5 Å². The van der Waals surface area contributed by atoms with Gasteiger partial charge in [-0.25, -0.2) is 9.18 Å². The molecule has 0 spiro atoms. The standard InChI is InChI=1S/C27H24F7N3O2/c1-3-4-19-6-7-20(21-12-18(35)5-8-22(21)28)23(36-19)13-37-14(2)24(39-25(37)38)15-9-16(26(29,30)31)11-17(10-15)27(32,33)34/h5-12,14,24H,3-4,13,35H2,1-2H3/t14-,24-/m0/s1. The number of nitrogens with two attached hydrogens (primary N) is 1. The van der Waals surface area contributed by atoms with Crippen molar-refractivity contribution in [1.29, 1.82) is 0 Å². The fourth-order valence-corrected chi connectivity index (χ4v) is 4.52. The largest absolute Gasteiger partial charge is 0.439 e. The second kappa shape index (κ2) is 10.4. The SMILES string of the molecule is CCCc1ccc(-c2cc(N)ccc2F)c(CN2C(=O)O[C@H](c3cc(C(F)(F)F)cc(C(F)(F)F)c3)[C@@H]2C)n1. The molecule has 208 valence electrons. The van der Waals surface area contributed by atoms with Gasteiger partial charge in [0, 0.05) is 22.5 Å². The predicted octanol–water partition coefficient (Wildman–Crippen LogP) is 7.54. The summed E-state index contributed by atoms with van der Waals surface area (Å²) >= 11 is 0. The number of ether oxygens (including phenoxy) is 1. The number of carbonyl (C=O) groups is 1. The lowest BCUT2D eigenvalue weighted by molar-refractivity contribution is -0.143. The second-order valence-electron chi connectivity index (χ2n) is 9.30. The molecule has 0 aliphatic carbocycles. The van der Waals surface area contributed by atoms with E-state index in [1.165, 1.54) is 25.1 Å². The van der Waals surface area contributed by atoms with Crippen molar-refractivity contribution in [3.05, 3.63) is 82.4 Å². The van der Waals surface area contributed by atoms with E-state index in [9.17, 15) is 35.5 Å². The van der Waals surface area contributed by atoms with Crippen molar-refractivity contribution >= 4 is 11.8 Å². The summed E-state index contributed by atoms with van der Waals surface area (Å²) in [4.78, 5) is 18.6. The maximum Gasteiger partial charge on any atom is 0.416 e. The number of nitrogen functional groups attached to an aromatic ring is 1. The van der Waals surface area contributed by atoms with Gasteiger partial charge in [-0.2, -0.15) is 26.3 Å². The zero-order chi connectivity index (χ0) is 28.7. The van der Waals surface area contributed by atoms with Gasteiger partial charge in [-0.05, 0) is 61.4 Å². The van der Waals surface area contributed by atoms with E-state index in [1.807, 2.05) is 6.92 Å². The first-order valence-corrected chi connectivity index (χ1v) is 12.0. The molecule has 0 radical (unpaired) electrons. The lowest BCUT2D eigenvalue weighted by atomic mass is 9.97. The van der Waals surface area contributed by atoms with Crippen molar-refractivity contribution in [2.75, 3.05) is 5.73 Å². The maximum atomic E-state index is 14.7. The molecule has 1 aromatic heterocycles. The molecular formula is C27H24F7N3O2. The van der Waals surface area contributed by atoms with Gasteiger partial charge in [0.1, 0.15) is 11.9 Å². The van der Waals surface area contributed by atoms with Crippen LogP contribution >= 0.6 is 0 Å². The van der Waals surface area contributed by atoms with Gasteiger partial charge >= 0.3 is 18.4 Å². The summed E-state index contributed by atoms with van der Waals surface area (Å²) in [5.41, 5.74) is 4.05. The Bertz CT molecular complexity index is 1360. The summed E-state index contributed by atoms with van der Waals surface area (Å²) in [6, 6.07) is 7.44. The number of hydrogen-bond donors (Lipinski definition) is 1. The molecule has 39 heavy (non-hydrogen) atoms. The first kappa shape index (κ1) is 28.2. The van der Waals surface area contributed by atoms with Gasteiger partial charge in [0.05, 0.1) is 29.4 Å². The highest BCUT2D eigenvalue weighted by molar-refractivity contribution is 5.73. The molecule has 2 heterocycles. The molecule has 3 aromatic rings. The van der Waals surface area contributed by atoms with Gasteiger partial charge in [0.25, 0.3) is 0 Å². The van der Waals surface area contributed by atoms with Gasteiger partial charge in [-0.1, -0.05) is 19.4 Å². The summed E-state index contributed by atoms with van der Waals surface area (Å²) in [5.74, 6) is -0.589. The molecule has 2 aromatic carbocycles. The number of nitrogens with zero attached hydrogens (tertiary/aromatic N) is 2. The molecule has 0 unspecified atom stereocenters. The number of aromatic nitrogens is 1. The lowest BCUT2D eigenvalue weighted by Gasteiger charge is -2.23. The van der Waals surface area contributed by atoms with Crippen LogP contribution in [-0.2, 0) is 30.1 Å². The van der Waals surface area contributed by atoms with Crippen molar-refractivity contribution in [3.63, 3.8) is 0 Å². The summed E-state index contributed by atoms with van der Waals surface area (Å²) in [6.07, 6.45) is -11.2. The molecular weight excluding hydrogens is 531 g/mol. The van der Waals surface area contributed by atoms with Crippen LogP contribution in [0.25, 0.3) is 11.1 Å². The zero-order valence-corrected chi connectivity index (χ0v) is 20.8. The van der Waals surface area contributed by atoms with E-state index in [1.54, 1.807) is 12.1 Å². The van der Waals surface area contributed by atoms with E-state index < -0.39 is 53.1 Å². The van der Waals surface area contributed by atoms with Gasteiger partial charge in [0.15, 0.2) is 0 Å². The number of rotatable bonds is 6. The van der Waals surface area contributed by atoms with Gasteiger partial charge in [0.2, 0.25) is 0 Å². The van der Waals surface area contributed by atoms with Crippen LogP contribution in [0.4, 0.5) is 41.2 Å². The molecule has 1 aliphatic heterocycles. The molecule has 0 saturated carbocycles. The number of cyclic esters (lactones) is 1. The second-order valence-corrected chi connectivity index (χ2v) is 9.30. The summed E-state index contributed by atoms with van der Waals surface area (Å²) in [5, 5.41) is 0. The first-order valence-electron chi connectivity index (χ1n) is 12.0. The molecule has 1 fully saturated rings. The van der Waals surface area contributed by atoms with E-state index >= 15 is 0 Å². The Morgan fingerprint density at radius 2 is 1.59 bits per heavy atom. The molecule has 1 aliphatic rings. The Morgan fingerprint density at radius 1 is 0.949 bits per heavy atom. The first-order chi connectivity index (χ1) is 18.2. The highest BCUT2D eigenvalue weighted by atomic mass is 19.4. The normalized spacial score (nSPS) is 18.0. The summed E-state index contributed by atoms with van der Waals surface area (Å²) in [7, 11) is 0. The van der Waals surface area contributed by atoms with E-state index in [2.05, 4.69) is 4.98 Å². The van der Waals surface area contributed by atoms with Crippen LogP contribution in [0.1, 0.15) is 54.5 Å². The van der Waals surface area contributed by atoms with Crippen molar-refractivity contribution < 1.29 is 40.3 Å². The maximum absolute atomic E-state index is 14.7. The van der Waals surface area contributed by atoms with Gasteiger partial charge < -0.3 is 10.5 Å². The average Bonchev–Trinajstić information content (AvgIpc) is 3.13. The molecule has 2 N–H and O–H groups in total. The van der Waals surface area contributed by atoms with Gasteiger partial charge in [-0.3, -0.25) is 9.88 Å². The molecule has 2 atom stereocenters. The highest BCUT2D eigenvalue weighted by Crippen LogP contribution is 2.41. The number of aryl methyl sites for hydroxylation is 1. The fraction of sp³-hybridized carbons (Fsp3) is 0.333. The Labute approximate surface area is 219 Å². The quantitative estimate of drug-likeness (QED) is 0.252. The predicted molar refractivity (Wildman–Crippen MR) is 129 cm³/mol. The third kappa shape index (κ3) is 5.94. The number of benzene rings is 2. The minimum absolute atomic E-state index is 0.0121. The average molecular weight is 555 g/mol. The Kier molecular flexibility index (Phi) is 7.50. The minimum atomic E-state index is -5.05. The van der Waals surface area contributed by atoms with E-state index in [0.29, 0.717) is 29.8 Å². The van der Waals surface area contributed by atoms with E-state index in [0.717, 1.165) is 11.3 Å². The van der Waals surface area contributed by atoms with Crippen LogP contribution in [-0.4, -0.2) is 22.0 Å². The smallest absolute Gasteiger partial charge is 0.416 e. The van der Waals surface area contributed by atoms with Crippen molar-refractivity contribution in [2.24, 2.45) is 0 Å². The molecule has 1 saturated heterocycles. The van der Waals surface area contributed by atoms with Crippen molar-refractivity contribution in [3.8, 4) is 11.1 Å². The van der Waals surface area contributed by atoms with Crippen LogP contribution in [0, 0.1) is 5.82 Å². The van der Waals surface area contributed by atoms with Gasteiger partial charge in [-0.15, -0.1) is 0 Å². The Balaban J connectivity index is 1.73. The van der Waals surface area contributed by atoms with Crippen LogP contribution in [0.2, 0.25) is 0 Å². The zero-order valence-electron chi connectivity index (χ0n) is 20.8. The number of halogens is 7. The number of hydrogen-bond acceptors (Lipinski definition) is 4. The molecule has 4 rings (SSSR count). The lowest BCUT2D eigenvalue weighted by Crippen LogP contribution is -2.32. The number of pyridine rings is 1. The number of alkyl halides is 6. The number of anilines is 1. The van der Waals surface area contributed by atoms with Crippen LogP contribution in [0.15, 0.2) is 48.5 Å². The van der Waals surface area contributed by atoms with Crippen LogP contribution < -0.4 is 5.73 Å². The third-order valence-corrected chi connectivity index (χ3v) is 6.47. The molecule has 5 nitrogen and oxygen atoms in total. The topological polar surface area (TPSA) is 68.5 Å². The molecule has 12 heteroatoms. The Morgan fingerprint density at radius 3 is 2.18 bits per heavy atom. The monoisotopic (exact) mass is 555 g/mol. The van der Waals surface area contributed by atoms with Crippen molar-refractivity contribution in [2.45, 2.75) is 57.7 Å². The Hall–Kier alpha value is -3.83. The molecule has 0 bridgehead atoms. The summed E-state index contributed by atoms with van der Waals surface area (Å²) < 4.78 is 100. The minimum Gasteiger partial charge on any atom is -0.439 e. The highest BCUT2D eigenvalue weighted by Gasteiger charge is 2.43. The molecule has 1 amide bonds. The number of carbonyl (C=O) groups excluding carboxylic acids is 1. The summed E-state index contributed by atoms with van der Waals surface area (Å²) in [6.45, 7) is 3.14. The number of amides is 1. The third-order valence-electron chi connectivity index (χ3n) is 6.47. The fourth-order valence-electron chi connectivity index (χ4n) is 4.52.